The summed E-state index contributed by atoms with van der Waals surface area (Å²) in [5, 5.41) is 12.3. The van der Waals surface area contributed by atoms with Crippen LogP contribution in [0.15, 0.2) is 24.3 Å². The number of nitrogens with one attached hydrogen (secondary N) is 1. The number of hydrogen-bond acceptors (Lipinski definition) is 4. The first kappa shape index (κ1) is 14.4. The molecule has 1 saturated carbocycles. The third-order valence-corrected chi connectivity index (χ3v) is 4.28. The standard InChI is InChI=1S/C16H22N2O3/c17-13(9-10-1-5-12(19)6-2-10)16(20)18-14-7-8-21-15(14)11-3-4-11/h1-2,5-6,11,13-15,19H,3-4,7-9,17H2,(H,18,20). The number of rotatable bonds is 5. The summed E-state index contributed by atoms with van der Waals surface area (Å²) in [6, 6.07) is 6.32. The molecule has 0 aromatic heterocycles. The fraction of sp³-hybridized carbons (Fsp3) is 0.562. The second-order valence-electron chi connectivity index (χ2n) is 6.05. The van der Waals surface area contributed by atoms with Crippen LogP contribution in [-0.4, -0.2) is 35.8 Å². The summed E-state index contributed by atoms with van der Waals surface area (Å²) in [6.45, 7) is 0.722. The molecule has 1 saturated heterocycles. The molecular weight excluding hydrogens is 268 g/mol. The molecule has 4 N–H and O–H groups in total. The highest BCUT2D eigenvalue weighted by Gasteiger charge is 2.41. The lowest BCUT2D eigenvalue weighted by Gasteiger charge is -2.21. The van der Waals surface area contributed by atoms with E-state index in [0.717, 1.165) is 18.6 Å². The molecule has 5 heteroatoms. The van der Waals surface area contributed by atoms with Gasteiger partial charge in [0.1, 0.15) is 5.75 Å². The van der Waals surface area contributed by atoms with Gasteiger partial charge >= 0.3 is 0 Å². The van der Waals surface area contributed by atoms with Crippen molar-refractivity contribution in [3.63, 3.8) is 0 Å². The minimum Gasteiger partial charge on any atom is -0.508 e. The number of phenolic OH excluding ortho intramolecular Hbond substituents is 1. The van der Waals surface area contributed by atoms with E-state index < -0.39 is 6.04 Å². The predicted molar refractivity (Wildman–Crippen MR) is 78.8 cm³/mol. The molecule has 1 aliphatic carbocycles. The molecule has 1 aromatic carbocycles. The third-order valence-electron chi connectivity index (χ3n) is 4.28. The lowest BCUT2D eigenvalue weighted by atomic mass is 10.0. The van der Waals surface area contributed by atoms with Gasteiger partial charge in [-0.05, 0) is 49.3 Å². The van der Waals surface area contributed by atoms with Gasteiger partial charge < -0.3 is 20.9 Å². The zero-order valence-corrected chi connectivity index (χ0v) is 12.0. The predicted octanol–water partition coefficient (Wildman–Crippen LogP) is 0.946. The molecular formula is C16H22N2O3. The Morgan fingerprint density at radius 3 is 2.71 bits per heavy atom. The molecule has 3 unspecified atom stereocenters. The summed E-state index contributed by atoms with van der Waals surface area (Å²) in [5.74, 6) is 0.711. The van der Waals surface area contributed by atoms with Crippen molar-refractivity contribution in [3.05, 3.63) is 29.8 Å². The van der Waals surface area contributed by atoms with Crippen molar-refractivity contribution in [1.82, 2.24) is 5.32 Å². The fourth-order valence-electron chi connectivity index (χ4n) is 2.92. The van der Waals surface area contributed by atoms with E-state index in [2.05, 4.69) is 5.32 Å². The van der Waals surface area contributed by atoms with E-state index in [1.165, 1.54) is 12.8 Å². The molecule has 1 aliphatic heterocycles. The summed E-state index contributed by atoms with van der Waals surface area (Å²) in [4.78, 5) is 12.2. The maximum absolute atomic E-state index is 12.2. The maximum Gasteiger partial charge on any atom is 0.237 e. The molecule has 1 heterocycles. The van der Waals surface area contributed by atoms with Crippen molar-refractivity contribution in [2.75, 3.05) is 6.61 Å². The van der Waals surface area contributed by atoms with Crippen LogP contribution < -0.4 is 11.1 Å². The summed E-state index contributed by atoms with van der Waals surface area (Å²) in [7, 11) is 0. The number of phenols is 1. The van der Waals surface area contributed by atoms with Crippen LogP contribution in [0.1, 0.15) is 24.8 Å². The zero-order valence-electron chi connectivity index (χ0n) is 12.0. The highest BCUT2D eigenvalue weighted by molar-refractivity contribution is 5.82. The summed E-state index contributed by atoms with van der Waals surface area (Å²) in [6.07, 6.45) is 3.93. The quantitative estimate of drug-likeness (QED) is 0.753. The topological polar surface area (TPSA) is 84.6 Å². The van der Waals surface area contributed by atoms with Crippen molar-refractivity contribution in [3.8, 4) is 5.75 Å². The van der Waals surface area contributed by atoms with E-state index in [-0.39, 0.29) is 23.8 Å². The highest BCUT2D eigenvalue weighted by atomic mass is 16.5. The second-order valence-corrected chi connectivity index (χ2v) is 6.05. The number of hydrogen-bond donors (Lipinski definition) is 3. The van der Waals surface area contributed by atoms with Crippen LogP contribution >= 0.6 is 0 Å². The molecule has 5 nitrogen and oxygen atoms in total. The Morgan fingerprint density at radius 2 is 2.05 bits per heavy atom. The molecule has 2 aliphatic rings. The first-order valence-corrected chi connectivity index (χ1v) is 7.59. The van der Waals surface area contributed by atoms with Crippen LogP contribution in [0.5, 0.6) is 5.75 Å². The first-order chi connectivity index (χ1) is 10.1. The van der Waals surface area contributed by atoms with Gasteiger partial charge in [0.15, 0.2) is 0 Å². The van der Waals surface area contributed by atoms with E-state index in [9.17, 15) is 9.90 Å². The Morgan fingerprint density at radius 1 is 1.33 bits per heavy atom. The van der Waals surface area contributed by atoms with Gasteiger partial charge in [0.05, 0.1) is 18.2 Å². The van der Waals surface area contributed by atoms with Gasteiger partial charge in [0.2, 0.25) is 5.91 Å². The Balaban J connectivity index is 1.53. The van der Waals surface area contributed by atoms with Gasteiger partial charge in [-0.3, -0.25) is 4.79 Å². The van der Waals surface area contributed by atoms with Gasteiger partial charge in [-0.1, -0.05) is 12.1 Å². The van der Waals surface area contributed by atoms with Gasteiger partial charge in [-0.2, -0.15) is 0 Å². The summed E-state index contributed by atoms with van der Waals surface area (Å²) < 4.78 is 5.72. The molecule has 3 atom stereocenters. The number of ether oxygens (including phenoxy) is 1. The van der Waals surface area contributed by atoms with Crippen LogP contribution in [0.2, 0.25) is 0 Å². The van der Waals surface area contributed by atoms with E-state index in [0.29, 0.717) is 12.3 Å². The molecule has 0 bridgehead atoms. The summed E-state index contributed by atoms with van der Waals surface area (Å²) >= 11 is 0. The van der Waals surface area contributed by atoms with Crippen LogP contribution in [0, 0.1) is 5.92 Å². The van der Waals surface area contributed by atoms with Gasteiger partial charge in [-0.25, -0.2) is 0 Å². The van der Waals surface area contributed by atoms with E-state index >= 15 is 0 Å². The highest BCUT2D eigenvalue weighted by Crippen LogP contribution is 2.38. The average molecular weight is 290 g/mol. The largest absolute Gasteiger partial charge is 0.508 e. The van der Waals surface area contributed by atoms with Crippen LogP contribution in [0.3, 0.4) is 0 Å². The number of carbonyl (C=O) groups is 1. The van der Waals surface area contributed by atoms with E-state index in [1.54, 1.807) is 24.3 Å². The number of aromatic hydroxyl groups is 1. The molecule has 2 fully saturated rings. The molecule has 1 amide bonds. The van der Waals surface area contributed by atoms with Crippen LogP contribution in [0.4, 0.5) is 0 Å². The van der Waals surface area contributed by atoms with Gasteiger partial charge in [0.25, 0.3) is 0 Å². The Bertz CT molecular complexity index is 499. The minimum atomic E-state index is -0.574. The normalized spacial score (nSPS) is 26.5. The Labute approximate surface area is 124 Å². The molecule has 1 aromatic rings. The number of nitrogens with two attached hydrogens (primary N) is 1. The molecule has 0 radical (unpaired) electrons. The Kier molecular flexibility index (Phi) is 4.12. The first-order valence-electron chi connectivity index (χ1n) is 7.59. The van der Waals surface area contributed by atoms with Crippen molar-refractivity contribution in [1.29, 1.82) is 0 Å². The molecule has 114 valence electrons. The van der Waals surface area contributed by atoms with Crippen molar-refractivity contribution in [2.45, 2.75) is 43.9 Å². The monoisotopic (exact) mass is 290 g/mol. The lowest BCUT2D eigenvalue weighted by molar-refractivity contribution is -0.123. The third kappa shape index (κ3) is 3.54. The fourth-order valence-corrected chi connectivity index (χ4v) is 2.92. The van der Waals surface area contributed by atoms with Crippen molar-refractivity contribution < 1.29 is 14.6 Å². The van der Waals surface area contributed by atoms with Crippen LogP contribution in [0.25, 0.3) is 0 Å². The van der Waals surface area contributed by atoms with Gasteiger partial charge in [-0.15, -0.1) is 0 Å². The number of amides is 1. The zero-order chi connectivity index (χ0) is 14.8. The molecule has 0 spiro atoms. The van der Waals surface area contributed by atoms with Gasteiger partial charge in [0, 0.05) is 6.61 Å². The number of carbonyl (C=O) groups excluding carboxylic acids is 1. The summed E-state index contributed by atoms with van der Waals surface area (Å²) in [5.41, 5.74) is 6.93. The second kappa shape index (κ2) is 6.03. The number of benzene rings is 1. The SMILES string of the molecule is NC(Cc1ccc(O)cc1)C(=O)NC1CCOC1C1CC1. The van der Waals surface area contributed by atoms with E-state index in [1.807, 2.05) is 0 Å². The lowest BCUT2D eigenvalue weighted by Crippen LogP contribution is -2.49. The Hall–Kier alpha value is -1.59. The maximum atomic E-state index is 12.2. The average Bonchev–Trinajstić information content (AvgIpc) is 3.21. The van der Waals surface area contributed by atoms with Crippen molar-refractivity contribution >= 4 is 5.91 Å². The van der Waals surface area contributed by atoms with Crippen molar-refractivity contribution in [2.24, 2.45) is 11.7 Å². The molecule has 21 heavy (non-hydrogen) atoms. The van der Waals surface area contributed by atoms with Crippen LogP contribution in [-0.2, 0) is 16.0 Å². The minimum absolute atomic E-state index is 0.107. The smallest absolute Gasteiger partial charge is 0.237 e. The van der Waals surface area contributed by atoms with E-state index in [4.69, 9.17) is 10.5 Å². The molecule has 3 rings (SSSR count).